The maximum atomic E-state index is 12.1. The molecule has 34 heavy (non-hydrogen) atoms. The number of ether oxygens (including phenoxy) is 3. The second kappa shape index (κ2) is 12.9. The van der Waals surface area contributed by atoms with Crippen LogP contribution in [0.5, 0.6) is 0 Å². The molecule has 2 heterocycles. The molecule has 1 aliphatic heterocycles. The molecular weight excluding hydrogens is 514 g/mol. The molecule has 1 aliphatic rings. The molecule has 12 heteroatoms. The lowest BCUT2D eigenvalue weighted by Gasteiger charge is -2.19. The number of rotatable bonds is 10. The van der Waals surface area contributed by atoms with Crippen molar-refractivity contribution < 1.29 is 28.9 Å². The Balaban J connectivity index is 1.71. The quantitative estimate of drug-likeness (QED) is 0.299. The van der Waals surface area contributed by atoms with Gasteiger partial charge in [0.05, 0.1) is 11.7 Å². The van der Waals surface area contributed by atoms with Crippen LogP contribution in [-0.2, 0) is 19.0 Å². The second-order valence-corrected chi connectivity index (χ2v) is 9.43. The largest absolute Gasteiger partial charge is 0.463 e. The number of halogens is 1. The zero-order chi connectivity index (χ0) is 25.3. The maximum Gasteiger partial charge on any atom is 0.407 e. The molecule has 0 bridgehead atoms. The summed E-state index contributed by atoms with van der Waals surface area (Å²) in [6.45, 7) is 5.67. The summed E-state index contributed by atoms with van der Waals surface area (Å²) < 4.78 is 17.3. The first kappa shape index (κ1) is 27.8. The van der Waals surface area contributed by atoms with E-state index >= 15 is 0 Å². The van der Waals surface area contributed by atoms with E-state index in [4.69, 9.17) is 14.2 Å². The van der Waals surface area contributed by atoms with Crippen LogP contribution >= 0.6 is 15.9 Å². The van der Waals surface area contributed by atoms with Crippen molar-refractivity contribution in [3.05, 3.63) is 37.6 Å². The number of aliphatic hydroxyl groups excluding tert-OH is 1. The van der Waals surface area contributed by atoms with Crippen LogP contribution in [-0.4, -0.2) is 57.7 Å². The number of amides is 1. The fourth-order valence-electron chi connectivity index (χ4n) is 3.26. The topological polar surface area (TPSA) is 149 Å². The van der Waals surface area contributed by atoms with Crippen LogP contribution in [0.1, 0.15) is 64.7 Å². The van der Waals surface area contributed by atoms with Gasteiger partial charge in [-0.2, -0.15) is 0 Å². The van der Waals surface area contributed by atoms with E-state index in [9.17, 15) is 24.3 Å². The predicted molar refractivity (Wildman–Crippen MR) is 127 cm³/mol. The molecule has 0 aromatic carbocycles. The van der Waals surface area contributed by atoms with Crippen molar-refractivity contribution in [2.75, 3.05) is 13.2 Å². The zero-order valence-electron chi connectivity index (χ0n) is 19.5. The van der Waals surface area contributed by atoms with Crippen LogP contribution in [0.15, 0.2) is 20.8 Å². The van der Waals surface area contributed by atoms with E-state index in [1.807, 2.05) is 0 Å². The van der Waals surface area contributed by atoms with Crippen LogP contribution in [0.2, 0.25) is 0 Å². The molecule has 3 N–H and O–H groups in total. The van der Waals surface area contributed by atoms with E-state index < -0.39 is 47.3 Å². The number of hydrogen-bond acceptors (Lipinski definition) is 8. The zero-order valence-corrected chi connectivity index (χ0v) is 21.1. The number of unbranched alkanes of at least 4 members (excludes halogenated alkanes) is 2. The average Bonchev–Trinajstić information content (AvgIpc) is 3.10. The highest BCUT2D eigenvalue weighted by atomic mass is 79.9. The summed E-state index contributed by atoms with van der Waals surface area (Å²) in [5, 5.41) is 12.9. The molecule has 3 atom stereocenters. The molecule has 11 nitrogen and oxygen atoms in total. The number of aromatic amines is 1. The number of carbonyl (C=O) groups excluding carboxylic acids is 2. The molecule has 1 saturated heterocycles. The van der Waals surface area contributed by atoms with E-state index in [2.05, 4.69) is 26.2 Å². The Kier molecular flexibility index (Phi) is 10.5. The van der Waals surface area contributed by atoms with Gasteiger partial charge in [-0.3, -0.25) is 19.1 Å². The fourth-order valence-corrected chi connectivity index (χ4v) is 3.55. The molecule has 190 valence electrons. The first-order valence-corrected chi connectivity index (χ1v) is 12.0. The van der Waals surface area contributed by atoms with Crippen LogP contribution in [0.25, 0.3) is 6.08 Å². The number of aromatic nitrogens is 2. The summed E-state index contributed by atoms with van der Waals surface area (Å²) in [5.74, 6) is -0.426. The van der Waals surface area contributed by atoms with Gasteiger partial charge in [-0.25, -0.2) is 9.59 Å². The van der Waals surface area contributed by atoms with Crippen molar-refractivity contribution in [3.8, 4) is 0 Å². The van der Waals surface area contributed by atoms with Gasteiger partial charge in [-0.1, -0.05) is 22.4 Å². The molecule has 0 unspecified atom stereocenters. The summed E-state index contributed by atoms with van der Waals surface area (Å²) in [6.07, 6.45) is 2.12. The van der Waals surface area contributed by atoms with Crippen LogP contribution in [0, 0.1) is 0 Å². The highest BCUT2D eigenvalue weighted by Gasteiger charge is 2.36. The molecule has 0 spiro atoms. The lowest BCUT2D eigenvalue weighted by molar-refractivity contribution is -0.150. The molecule has 1 fully saturated rings. The first-order chi connectivity index (χ1) is 16.0. The molecule has 0 saturated carbocycles. The normalized spacial score (nSPS) is 20.4. The summed E-state index contributed by atoms with van der Waals surface area (Å²) >= 11 is 3.08. The Bertz CT molecular complexity index is 982. The molecule has 0 radical (unpaired) electrons. The third-order valence-corrected chi connectivity index (χ3v) is 5.15. The molecule has 1 aromatic heterocycles. The maximum absolute atomic E-state index is 12.1. The van der Waals surface area contributed by atoms with Crippen molar-refractivity contribution >= 4 is 34.1 Å². The Morgan fingerprint density at radius 1 is 1.32 bits per heavy atom. The van der Waals surface area contributed by atoms with Crippen molar-refractivity contribution in [2.45, 2.75) is 76.9 Å². The lowest BCUT2D eigenvalue weighted by Crippen LogP contribution is -2.33. The summed E-state index contributed by atoms with van der Waals surface area (Å²) in [6, 6.07) is 0. The van der Waals surface area contributed by atoms with E-state index in [1.165, 1.54) is 21.8 Å². The highest BCUT2D eigenvalue weighted by molar-refractivity contribution is 9.11. The summed E-state index contributed by atoms with van der Waals surface area (Å²) in [7, 11) is 0. The number of nitrogens with one attached hydrogen (secondary N) is 2. The number of aliphatic hydroxyl groups is 1. The van der Waals surface area contributed by atoms with E-state index in [1.54, 1.807) is 20.8 Å². The van der Waals surface area contributed by atoms with Gasteiger partial charge in [0.25, 0.3) is 5.56 Å². The molecular formula is C22H32BrN3O8. The number of carbonyl (C=O) groups is 2. The third kappa shape index (κ3) is 9.07. The number of H-pyrrole nitrogens is 1. The minimum absolute atomic E-state index is 0.107. The van der Waals surface area contributed by atoms with Crippen molar-refractivity contribution in [3.63, 3.8) is 0 Å². The van der Waals surface area contributed by atoms with Gasteiger partial charge in [0, 0.05) is 25.6 Å². The Morgan fingerprint density at radius 3 is 2.74 bits per heavy atom. The Morgan fingerprint density at radius 2 is 2.06 bits per heavy atom. The van der Waals surface area contributed by atoms with Crippen LogP contribution in [0.3, 0.4) is 0 Å². The standard InChI is InChI=1S/C22H32BrN3O8/c1-22(2,3)34-21(31)24-10-6-4-5-7-18(28)32-13-16-15(27)11-17(33-16)26-12-14(8-9-23)19(29)25-20(26)30/h8-9,12,15-17,27H,4-7,10-11,13H2,1-3H3,(H,24,31)(H,25,29,30)/t15-,16+,17+/m0/s1. The first-order valence-electron chi connectivity index (χ1n) is 11.1. The van der Waals surface area contributed by atoms with Gasteiger partial charge in [0.2, 0.25) is 0 Å². The van der Waals surface area contributed by atoms with Gasteiger partial charge in [0.15, 0.2) is 0 Å². The van der Waals surface area contributed by atoms with Crippen molar-refractivity contribution in [2.24, 2.45) is 0 Å². The van der Waals surface area contributed by atoms with Gasteiger partial charge in [-0.15, -0.1) is 0 Å². The minimum atomic E-state index is -0.939. The van der Waals surface area contributed by atoms with E-state index in [0.717, 1.165) is 6.42 Å². The number of nitrogens with zero attached hydrogens (tertiary/aromatic N) is 1. The van der Waals surface area contributed by atoms with Gasteiger partial charge in [0.1, 0.15) is 24.5 Å². The van der Waals surface area contributed by atoms with Gasteiger partial charge < -0.3 is 24.6 Å². The number of esters is 1. The van der Waals surface area contributed by atoms with E-state index in [0.29, 0.717) is 19.4 Å². The van der Waals surface area contributed by atoms with Gasteiger partial charge in [-0.05, 0) is 44.7 Å². The van der Waals surface area contributed by atoms with Crippen molar-refractivity contribution in [1.29, 1.82) is 0 Å². The van der Waals surface area contributed by atoms with Gasteiger partial charge >= 0.3 is 17.8 Å². The summed E-state index contributed by atoms with van der Waals surface area (Å²) in [4.78, 5) is 51.2. The fraction of sp³-hybridized carbons (Fsp3) is 0.636. The predicted octanol–water partition coefficient (Wildman–Crippen LogP) is 2.18. The molecule has 2 rings (SSSR count). The lowest BCUT2D eigenvalue weighted by atomic mass is 10.2. The highest BCUT2D eigenvalue weighted by Crippen LogP contribution is 2.28. The smallest absolute Gasteiger partial charge is 0.407 e. The molecule has 1 amide bonds. The Hall–Kier alpha value is -2.44. The average molecular weight is 546 g/mol. The number of hydrogen-bond donors (Lipinski definition) is 3. The third-order valence-electron chi connectivity index (χ3n) is 4.89. The SMILES string of the molecule is CC(C)(C)OC(=O)NCCCCCC(=O)OC[C@H]1O[C@@H](n2cc(C=CBr)c(=O)[nH]c2=O)C[C@@H]1O. The van der Waals surface area contributed by atoms with Crippen LogP contribution < -0.4 is 16.6 Å². The number of alkyl carbamates (subject to hydrolysis) is 1. The Labute approximate surface area is 205 Å². The van der Waals surface area contributed by atoms with E-state index in [-0.39, 0.29) is 25.0 Å². The minimum Gasteiger partial charge on any atom is -0.463 e. The molecule has 0 aliphatic carbocycles. The monoisotopic (exact) mass is 545 g/mol. The van der Waals surface area contributed by atoms with Crippen molar-refractivity contribution in [1.82, 2.24) is 14.9 Å². The second-order valence-electron chi connectivity index (χ2n) is 8.90. The van der Waals surface area contributed by atoms with Crippen LogP contribution in [0.4, 0.5) is 4.79 Å². The summed E-state index contributed by atoms with van der Waals surface area (Å²) in [5.41, 5.74) is -1.51. The molecule has 1 aromatic rings.